The Morgan fingerprint density at radius 2 is 2.11 bits per heavy atom. The van der Waals surface area contributed by atoms with E-state index in [0.717, 1.165) is 22.8 Å². The summed E-state index contributed by atoms with van der Waals surface area (Å²) in [6.45, 7) is 3.99. The first kappa shape index (κ1) is 12.5. The number of nitrogens with zero attached hydrogens (tertiary/aromatic N) is 1. The van der Waals surface area contributed by atoms with Crippen molar-refractivity contribution in [1.29, 1.82) is 0 Å². The molecule has 4 heteroatoms. The molecule has 1 heterocycles. The minimum atomic E-state index is 0.550. The Hall–Kier alpha value is -1.97. The van der Waals surface area contributed by atoms with E-state index in [1.807, 2.05) is 19.1 Å². The van der Waals surface area contributed by atoms with Gasteiger partial charge >= 0.3 is 0 Å². The number of hydrogen-bond donors (Lipinski definition) is 1. The lowest BCUT2D eigenvalue weighted by atomic mass is 10.1. The lowest BCUT2D eigenvalue weighted by Crippen LogP contribution is -1.96. The molecule has 1 aromatic heterocycles. The van der Waals surface area contributed by atoms with Crippen LogP contribution in [0.2, 0.25) is 0 Å². The van der Waals surface area contributed by atoms with E-state index in [1.165, 1.54) is 5.56 Å². The molecular weight excluding hydrogens is 228 g/mol. The first-order chi connectivity index (χ1) is 8.63. The summed E-state index contributed by atoms with van der Waals surface area (Å²) < 4.78 is 10.8. The summed E-state index contributed by atoms with van der Waals surface area (Å²) in [6.07, 6.45) is 0.710. The molecule has 2 aromatic rings. The number of rotatable bonds is 4. The zero-order chi connectivity index (χ0) is 13.1. The number of aromatic nitrogens is 1. The maximum atomic E-state index is 5.48. The van der Waals surface area contributed by atoms with Gasteiger partial charge in [0.05, 0.1) is 12.8 Å². The highest BCUT2D eigenvalue weighted by atomic mass is 16.5. The molecule has 0 aliphatic heterocycles. The quantitative estimate of drug-likeness (QED) is 0.901. The molecular formula is C14H18N2O2. The van der Waals surface area contributed by atoms with Crippen LogP contribution in [-0.2, 0) is 6.42 Å². The Morgan fingerprint density at radius 3 is 2.72 bits per heavy atom. The van der Waals surface area contributed by atoms with Gasteiger partial charge in [-0.15, -0.1) is 0 Å². The highest BCUT2D eigenvalue weighted by Gasteiger charge is 2.12. The maximum Gasteiger partial charge on any atom is 0.294 e. The maximum absolute atomic E-state index is 5.48. The predicted octanol–water partition coefficient (Wildman–Crippen LogP) is 2.93. The number of benzene rings is 1. The van der Waals surface area contributed by atoms with E-state index in [0.29, 0.717) is 12.4 Å². The second-order valence-corrected chi connectivity index (χ2v) is 4.26. The molecule has 0 saturated carbocycles. The minimum Gasteiger partial charge on any atom is -0.496 e. The smallest absolute Gasteiger partial charge is 0.294 e. The summed E-state index contributed by atoms with van der Waals surface area (Å²) in [5, 5.41) is 2.90. The van der Waals surface area contributed by atoms with Crippen molar-refractivity contribution in [3.8, 4) is 5.75 Å². The van der Waals surface area contributed by atoms with Gasteiger partial charge in [0.25, 0.3) is 6.01 Å². The molecule has 0 aliphatic rings. The molecule has 0 radical (unpaired) electrons. The second kappa shape index (κ2) is 5.12. The third-order valence-electron chi connectivity index (χ3n) is 2.90. The van der Waals surface area contributed by atoms with Crippen LogP contribution in [0, 0.1) is 13.8 Å². The molecule has 0 atom stereocenters. The lowest BCUT2D eigenvalue weighted by Gasteiger charge is -2.08. The standard InChI is InChI=1S/C14H18N2O2/c1-9-5-6-13(17-4)11(7-9)8-12-10(2)18-14(15-3)16-12/h5-7H,8H2,1-4H3,(H,15,16). The van der Waals surface area contributed by atoms with Crippen LogP contribution in [0.1, 0.15) is 22.6 Å². The SMILES string of the molecule is CNc1nc(Cc2cc(C)ccc2OC)c(C)o1. The highest BCUT2D eigenvalue weighted by Crippen LogP contribution is 2.24. The van der Waals surface area contributed by atoms with Gasteiger partial charge < -0.3 is 14.5 Å². The molecule has 96 valence electrons. The van der Waals surface area contributed by atoms with Crippen LogP contribution < -0.4 is 10.1 Å². The van der Waals surface area contributed by atoms with Gasteiger partial charge in [-0.2, -0.15) is 4.98 Å². The summed E-state index contributed by atoms with van der Waals surface area (Å²) in [6, 6.07) is 6.69. The Labute approximate surface area is 107 Å². The molecule has 0 fully saturated rings. The molecule has 1 N–H and O–H groups in total. The predicted molar refractivity (Wildman–Crippen MR) is 71.3 cm³/mol. The van der Waals surface area contributed by atoms with Gasteiger partial charge in [0, 0.05) is 19.0 Å². The molecule has 0 aliphatic carbocycles. The molecule has 0 amide bonds. The van der Waals surface area contributed by atoms with Crippen molar-refractivity contribution < 1.29 is 9.15 Å². The number of methoxy groups -OCH3 is 1. The summed E-state index contributed by atoms with van der Waals surface area (Å²) in [4.78, 5) is 4.40. The molecule has 18 heavy (non-hydrogen) atoms. The van der Waals surface area contributed by atoms with Crippen LogP contribution in [0.3, 0.4) is 0 Å². The average Bonchev–Trinajstić information content (AvgIpc) is 2.71. The molecule has 0 spiro atoms. The van der Waals surface area contributed by atoms with Crippen LogP contribution in [0.5, 0.6) is 5.75 Å². The monoisotopic (exact) mass is 246 g/mol. The average molecular weight is 246 g/mol. The number of oxazole rings is 1. The van der Waals surface area contributed by atoms with Gasteiger partial charge in [-0.1, -0.05) is 17.7 Å². The second-order valence-electron chi connectivity index (χ2n) is 4.26. The van der Waals surface area contributed by atoms with Gasteiger partial charge in [-0.25, -0.2) is 0 Å². The minimum absolute atomic E-state index is 0.550. The van der Waals surface area contributed by atoms with E-state index >= 15 is 0 Å². The third kappa shape index (κ3) is 2.47. The Morgan fingerprint density at radius 1 is 1.33 bits per heavy atom. The van der Waals surface area contributed by atoms with Gasteiger partial charge in [0.2, 0.25) is 0 Å². The van der Waals surface area contributed by atoms with Crippen molar-refractivity contribution in [3.05, 3.63) is 40.8 Å². The van der Waals surface area contributed by atoms with Crippen LogP contribution >= 0.6 is 0 Å². The van der Waals surface area contributed by atoms with E-state index in [-0.39, 0.29) is 0 Å². The number of anilines is 1. The summed E-state index contributed by atoms with van der Waals surface area (Å²) in [5.74, 6) is 1.72. The number of ether oxygens (including phenoxy) is 1. The Kier molecular flexibility index (Phi) is 3.55. The van der Waals surface area contributed by atoms with E-state index in [9.17, 15) is 0 Å². The van der Waals surface area contributed by atoms with Crippen molar-refractivity contribution in [2.75, 3.05) is 19.5 Å². The van der Waals surface area contributed by atoms with E-state index in [1.54, 1.807) is 14.2 Å². The number of hydrogen-bond acceptors (Lipinski definition) is 4. The van der Waals surface area contributed by atoms with Gasteiger partial charge in [0.15, 0.2) is 0 Å². The van der Waals surface area contributed by atoms with E-state index < -0.39 is 0 Å². The normalized spacial score (nSPS) is 10.4. The van der Waals surface area contributed by atoms with Gasteiger partial charge in [0.1, 0.15) is 11.5 Å². The van der Waals surface area contributed by atoms with E-state index in [4.69, 9.17) is 9.15 Å². The van der Waals surface area contributed by atoms with Gasteiger partial charge in [-0.3, -0.25) is 0 Å². The topological polar surface area (TPSA) is 47.3 Å². The third-order valence-corrected chi connectivity index (χ3v) is 2.90. The summed E-state index contributed by atoms with van der Waals surface area (Å²) >= 11 is 0. The number of aryl methyl sites for hydroxylation is 2. The fourth-order valence-electron chi connectivity index (χ4n) is 1.92. The van der Waals surface area contributed by atoms with Crippen molar-refractivity contribution >= 4 is 6.01 Å². The van der Waals surface area contributed by atoms with Crippen LogP contribution in [0.25, 0.3) is 0 Å². The van der Waals surface area contributed by atoms with Crippen LogP contribution in [-0.4, -0.2) is 19.1 Å². The van der Waals surface area contributed by atoms with Crippen molar-refractivity contribution in [3.63, 3.8) is 0 Å². The van der Waals surface area contributed by atoms with Gasteiger partial charge in [-0.05, 0) is 19.9 Å². The van der Waals surface area contributed by atoms with Crippen molar-refractivity contribution in [2.45, 2.75) is 20.3 Å². The summed E-state index contributed by atoms with van der Waals surface area (Å²) in [5.41, 5.74) is 3.26. The van der Waals surface area contributed by atoms with Crippen molar-refractivity contribution in [1.82, 2.24) is 4.98 Å². The van der Waals surface area contributed by atoms with Crippen LogP contribution in [0.15, 0.2) is 22.6 Å². The molecule has 2 rings (SSSR count). The zero-order valence-electron chi connectivity index (χ0n) is 11.2. The fourth-order valence-corrected chi connectivity index (χ4v) is 1.92. The Bertz CT molecular complexity index is 547. The molecule has 4 nitrogen and oxygen atoms in total. The fraction of sp³-hybridized carbons (Fsp3) is 0.357. The largest absolute Gasteiger partial charge is 0.496 e. The molecule has 0 saturated heterocycles. The highest BCUT2D eigenvalue weighted by molar-refractivity contribution is 5.40. The summed E-state index contributed by atoms with van der Waals surface area (Å²) in [7, 11) is 3.48. The Balaban J connectivity index is 2.32. The number of nitrogens with one attached hydrogen (secondary N) is 1. The first-order valence-electron chi connectivity index (χ1n) is 5.91. The zero-order valence-corrected chi connectivity index (χ0v) is 11.2. The molecule has 1 aromatic carbocycles. The molecule has 0 bridgehead atoms. The molecule has 0 unspecified atom stereocenters. The van der Waals surface area contributed by atoms with E-state index in [2.05, 4.69) is 23.3 Å². The lowest BCUT2D eigenvalue weighted by molar-refractivity contribution is 0.410. The first-order valence-corrected chi connectivity index (χ1v) is 5.91. The van der Waals surface area contributed by atoms with Crippen molar-refractivity contribution in [2.24, 2.45) is 0 Å². The van der Waals surface area contributed by atoms with Crippen LogP contribution in [0.4, 0.5) is 6.01 Å².